The maximum absolute atomic E-state index is 10.9. The maximum atomic E-state index is 10.9. The zero-order valence-corrected chi connectivity index (χ0v) is 14.1. The Hall–Kier alpha value is -2.80. The number of nitrogens with zero attached hydrogens (tertiary/aromatic N) is 2. The van der Waals surface area contributed by atoms with E-state index in [0.717, 1.165) is 11.5 Å². The molecule has 0 saturated heterocycles. The van der Waals surface area contributed by atoms with Crippen molar-refractivity contribution in [2.75, 3.05) is 12.4 Å². The van der Waals surface area contributed by atoms with Gasteiger partial charge in [0.1, 0.15) is 5.75 Å². The van der Waals surface area contributed by atoms with Gasteiger partial charge in [-0.1, -0.05) is 18.2 Å². The van der Waals surface area contributed by atoms with Crippen LogP contribution in [0.25, 0.3) is 11.5 Å². The van der Waals surface area contributed by atoms with Crippen LogP contribution >= 0.6 is 11.8 Å². The molecule has 0 atom stereocenters. The lowest BCUT2D eigenvalue weighted by Crippen LogP contribution is -2.00. The molecule has 0 radical (unpaired) electrons. The van der Waals surface area contributed by atoms with Crippen molar-refractivity contribution in [1.29, 1.82) is 0 Å². The van der Waals surface area contributed by atoms with Crippen LogP contribution in [0.3, 0.4) is 0 Å². The van der Waals surface area contributed by atoms with Crippen molar-refractivity contribution in [3.05, 3.63) is 66.1 Å². The number of carboxylic acid groups (broad SMARTS) is 1. The van der Waals surface area contributed by atoms with E-state index in [1.807, 2.05) is 30.3 Å². The van der Waals surface area contributed by atoms with Crippen LogP contribution in [0.5, 0.6) is 5.75 Å². The largest absolute Gasteiger partial charge is 0.493 e. The fourth-order valence-electron chi connectivity index (χ4n) is 2.08. The van der Waals surface area contributed by atoms with Gasteiger partial charge in [0.15, 0.2) is 0 Å². The van der Waals surface area contributed by atoms with Gasteiger partial charge in [0.05, 0.1) is 17.9 Å². The summed E-state index contributed by atoms with van der Waals surface area (Å²) >= 11 is 1.64. The zero-order valence-electron chi connectivity index (χ0n) is 13.3. The second kappa shape index (κ2) is 8.34. The Morgan fingerprint density at radius 3 is 2.56 bits per heavy atom. The molecule has 1 aromatic heterocycles. The van der Waals surface area contributed by atoms with E-state index in [9.17, 15) is 4.79 Å². The summed E-state index contributed by atoms with van der Waals surface area (Å²) < 4.78 is 11.2. The number of para-hydroxylation sites is 1. The first kappa shape index (κ1) is 17.0. The minimum atomic E-state index is -0.966. The number of aromatic carboxylic acids is 1. The van der Waals surface area contributed by atoms with Gasteiger partial charge in [0.25, 0.3) is 0 Å². The lowest BCUT2D eigenvalue weighted by Gasteiger charge is -2.04. The summed E-state index contributed by atoms with van der Waals surface area (Å²) in [7, 11) is 0. The van der Waals surface area contributed by atoms with Gasteiger partial charge in [-0.25, -0.2) is 4.79 Å². The van der Waals surface area contributed by atoms with E-state index in [2.05, 4.69) is 10.2 Å². The normalized spacial score (nSPS) is 10.6. The number of benzene rings is 2. The van der Waals surface area contributed by atoms with Crippen LogP contribution in [-0.4, -0.2) is 33.6 Å². The Labute approximate surface area is 148 Å². The lowest BCUT2D eigenvalue weighted by molar-refractivity contribution is 0.0697. The minimum absolute atomic E-state index is 0.220. The van der Waals surface area contributed by atoms with Crippen LogP contribution in [-0.2, 0) is 5.75 Å². The number of carbonyl (C=O) groups is 1. The van der Waals surface area contributed by atoms with Gasteiger partial charge >= 0.3 is 5.97 Å². The van der Waals surface area contributed by atoms with Crippen LogP contribution in [0, 0.1) is 0 Å². The Bertz CT molecular complexity index is 819. The van der Waals surface area contributed by atoms with Crippen molar-refractivity contribution in [2.24, 2.45) is 0 Å². The molecular formula is C18H16N2O4S. The third-order valence-corrected chi connectivity index (χ3v) is 4.22. The van der Waals surface area contributed by atoms with Crippen LogP contribution in [0.15, 0.2) is 59.0 Å². The summed E-state index contributed by atoms with van der Waals surface area (Å²) in [4.78, 5) is 10.9. The molecule has 6 nitrogen and oxygen atoms in total. The number of thioether (sulfide) groups is 1. The highest BCUT2D eigenvalue weighted by atomic mass is 32.2. The maximum Gasteiger partial charge on any atom is 0.335 e. The molecule has 7 heteroatoms. The van der Waals surface area contributed by atoms with Crippen molar-refractivity contribution < 1.29 is 19.1 Å². The molecule has 3 rings (SSSR count). The number of hydrogen-bond donors (Lipinski definition) is 1. The molecule has 3 aromatic rings. The predicted octanol–water partition coefficient (Wildman–Crippen LogP) is 3.75. The van der Waals surface area contributed by atoms with Gasteiger partial charge in [-0.05, 0) is 36.4 Å². The summed E-state index contributed by atoms with van der Waals surface area (Å²) in [6.45, 7) is 0.603. The van der Waals surface area contributed by atoms with Gasteiger partial charge in [0, 0.05) is 11.3 Å². The van der Waals surface area contributed by atoms with Crippen molar-refractivity contribution in [1.82, 2.24) is 10.2 Å². The fourth-order valence-corrected chi connectivity index (χ4v) is 2.72. The zero-order chi connectivity index (χ0) is 17.5. The number of rotatable bonds is 8. The van der Waals surface area contributed by atoms with E-state index in [1.165, 1.54) is 12.1 Å². The fraction of sp³-hybridized carbons (Fsp3) is 0.167. The van der Waals surface area contributed by atoms with E-state index in [-0.39, 0.29) is 5.56 Å². The molecule has 0 amide bonds. The lowest BCUT2D eigenvalue weighted by atomic mass is 10.1. The van der Waals surface area contributed by atoms with Crippen molar-refractivity contribution in [2.45, 2.75) is 5.75 Å². The van der Waals surface area contributed by atoms with Crippen molar-refractivity contribution >= 4 is 17.7 Å². The second-order valence-corrected chi connectivity index (χ2v) is 6.20. The van der Waals surface area contributed by atoms with E-state index < -0.39 is 5.97 Å². The molecule has 25 heavy (non-hydrogen) atoms. The molecule has 2 aromatic carbocycles. The second-order valence-electron chi connectivity index (χ2n) is 5.10. The minimum Gasteiger partial charge on any atom is -0.493 e. The SMILES string of the molecule is O=C(O)c1ccc(-c2nnc(CSCCOc3ccccc3)o2)cc1. The highest BCUT2D eigenvalue weighted by Gasteiger charge is 2.10. The Kier molecular flexibility index (Phi) is 5.69. The number of carboxylic acids is 1. The smallest absolute Gasteiger partial charge is 0.335 e. The predicted molar refractivity (Wildman–Crippen MR) is 94.8 cm³/mol. The van der Waals surface area contributed by atoms with Crippen LogP contribution < -0.4 is 4.74 Å². The molecule has 0 aliphatic rings. The summed E-state index contributed by atoms with van der Waals surface area (Å²) in [6, 6.07) is 16.0. The van der Waals surface area contributed by atoms with Gasteiger partial charge in [-0.3, -0.25) is 0 Å². The standard InChI is InChI=1S/C18H16N2O4S/c21-18(22)14-8-6-13(7-9-14)17-20-19-16(24-17)12-25-11-10-23-15-4-2-1-3-5-15/h1-9H,10-12H2,(H,21,22). The first-order chi connectivity index (χ1) is 12.2. The highest BCUT2D eigenvalue weighted by Crippen LogP contribution is 2.20. The first-order valence-electron chi connectivity index (χ1n) is 7.64. The summed E-state index contributed by atoms with van der Waals surface area (Å²) in [5, 5.41) is 16.9. The first-order valence-corrected chi connectivity index (χ1v) is 8.79. The number of ether oxygens (including phenoxy) is 1. The van der Waals surface area contributed by atoms with E-state index in [1.54, 1.807) is 23.9 Å². The molecular weight excluding hydrogens is 340 g/mol. The van der Waals surface area contributed by atoms with E-state index in [0.29, 0.717) is 29.7 Å². The molecule has 0 spiro atoms. The van der Waals surface area contributed by atoms with Gasteiger partial charge in [0.2, 0.25) is 11.8 Å². The van der Waals surface area contributed by atoms with Crippen molar-refractivity contribution in [3.8, 4) is 17.2 Å². The summed E-state index contributed by atoms with van der Waals surface area (Å²) in [6.07, 6.45) is 0. The average Bonchev–Trinajstić information content (AvgIpc) is 3.11. The molecule has 0 unspecified atom stereocenters. The molecule has 1 N–H and O–H groups in total. The highest BCUT2D eigenvalue weighted by molar-refractivity contribution is 7.98. The third kappa shape index (κ3) is 4.84. The monoisotopic (exact) mass is 356 g/mol. The van der Waals surface area contributed by atoms with Crippen LogP contribution in [0.2, 0.25) is 0 Å². The van der Waals surface area contributed by atoms with Crippen LogP contribution in [0.4, 0.5) is 0 Å². The molecule has 0 bridgehead atoms. The Balaban J connectivity index is 1.46. The molecule has 0 aliphatic heterocycles. The van der Waals surface area contributed by atoms with Gasteiger partial charge < -0.3 is 14.3 Å². The number of hydrogen-bond acceptors (Lipinski definition) is 6. The quantitative estimate of drug-likeness (QED) is 0.615. The molecule has 128 valence electrons. The molecule has 0 saturated carbocycles. The molecule has 0 fully saturated rings. The topological polar surface area (TPSA) is 85.5 Å². The third-order valence-electron chi connectivity index (χ3n) is 3.31. The number of aromatic nitrogens is 2. The van der Waals surface area contributed by atoms with E-state index >= 15 is 0 Å². The Morgan fingerprint density at radius 1 is 1.08 bits per heavy atom. The summed E-state index contributed by atoms with van der Waals surface area (Å²) in [5.41, 5.74) is 0.915. The molecule has 1 heterocycles. The van der Waals surface area contributed by atoms with Crippen LogP contribution in [0.1, 0.15) is 16.2 Å². The van der Waals surface area contributed by atoms with Crippen molar-refractivity contribution in [3.63, 3.8) is 0 Å². The average molecular weight is 356 g/mol. The van der Waals surface area contributed by atoms with Gasteiger partial charge in [-0.15, -0.1) is 22.0 Å². The van der Waals surface area contributed by atoms with Gasteiger partial charge in [-0.2, -0.15) is 0 Å². The van der Waals surface area contributed by atoms with E-state index in [4.69, 9.17) is 14.3 Å². The summed E-state index contributed by atoms with van der Waals surface area (Å²) in [5.74, 6) is 2.20. The Morgan fingerprint density at radius 2 is 1.84 bits per heavy atom. The molecule has 0 aliphatic carbocycles.